The Kier molecular flexibility index (Phi) is 8.02. The van der Waals surface area contributed by atoms with Crippen LogP contribution in [0.5, 0.6) is 5.75 Å². The zero-order valence-electron chi connectivity index (χ0n) is 19.1. The van der Waals surface area contributed by atoms with E-state index in [0.717, 1.165) is 23.3 Å². The molecule has 2 rings (SSSR count). The molecule has 2 aromatic carbocycles. The molecule has 2 aromatic rings. The van der Waals surface area contributed by atoms with Gasteiger partial charge in [0.15, 0.2) is 0 Å². The lowest BCUT2D eigenvalue weighted by Crippen LogP contribution is -2.38. The second-order valence-corrected chi connectivity index (χ2v) is 10.4. The minimum absolute atomic E-state index is 0.0450. The molecule has 0 radical (unpaired) electrons. The summed E-state index contributed by atoms with van der Waals surface area (Å²) in [7, 11) is -5.80. The molecule has 7 nitrogen and oxygen atoms in total. The van der Waals surface area contributed by atoms with Crippen molar-refractivity contribution in [2.75, 3.05) is 0 Å². The summed E-state index contributed by atoms with van der Waals surface area (Å²) in [5.41, 5.74) is -2.86. The maximum Gasteiger partial charge on any atom is 0.534 e. The van der Waals surface area contributed by atoms with Gasteiger partial charge in [-0.05, 0) is 59.7 Å². The van der Waals surface area contributed by atoms with E-state index in [-0.39, 0.29) is 11.8 Å². The highest BCUT2D eigenvalue weighted by Gasteiger charge is 2.48. The largest absolute Gasteiger partial charge is 0.534 e. The van der Waals surface area contributed by atoms with Crippen LogP contribution in [0.1, 0.15) is 54.2 Å². The van der Waals surface area contributed by atoms with Crippen LogP contribution in [0.2, 0.25) is 0 Å². The number of hydrogen-bond acceptors (Lipinski definition) is 5. The van der Waals surface area contributed by atoms with E-state index in [1.54, 1.807) is 12.1 Å². The zero-order valence-corrected chi connectivity index (χ0v) is 19.9. The summed E-state index contributed by atoms with van der Waals surface area (Å²) < 4.78 is 63.6. The third-order valence-corrected chi connectivity index (χ3v) is 5.93. The van der Waals surface area contributed by atoms with Gasteiger partial charge >= 0.3 is 21.6 Å². The SMILES string of the molecule is Cc1cc(C(=O)NC(CC(=O)O)Cc2ccc(OS(=O)(=O)C(F)(F)F)cc2)ccc1C(C)(C)C. The number of carbonyl (C=O) groups is 2. The minimum atomic E-state index is -5.80. The molecule has 11 heteroatoms. The molecule has 0 heterocycles. The van der Waals surface area contributed by atoms with Crippen LogP contribution in [-0.4, -0.2) is 37.0 Å². The Bertz CT molecular complexity index is 1150. The molecular formula is C23H26F3NO6S. The standard InChI is InChI=1S/C23H26F3NO6S/c1-14-11-16(7-10-19(14)22(2,3)4)21(30)27-17(13-20(28)29)12-15-5-8-18(9-6-15)33-34(31,32)23(24,25)26/h5-11,17H,12-13H2,1-4H3,(H,27,30)(H,28,29). The van der Waals surface area contributed by atoms with E-state index in [1.165, 1.54) is 12.1 Å². The third-order valence-electron chi connectivity index (χ3n) is 4.95. The van der Waals surface area contributed by atoms with Crippen molar-refractivity contribution in [3.63, 3.8) is 0 Å². The van der Waals surface area contributed by atoms with Gasteiger partial charge in [-0.2, -0.15) is 21.6 Å². The molecule has 0 aliphatic rings. The number of rotatable bonds is 8. The monoisotopic (exact) mass is 501 g/mol. The molecule has 1 unspecified atom stereocenters. The normalized spacial score (nSPS) is 13.3. The maximum absolute atomic E-state index is 12.7. The molecule has 2 N–H and O–H groups in total. The van der Waals surface area contributed by atoms with E-state index in [9.17, 15) is 36.3 Å². The molecule has 0 bridgehead atoms. The van der Waals surface area contributed by atoms with Gasteiger partial charge in [-0.25, -0.2) is 0 Å². The van der Waals surface area contributed by atoms with Gasteiger partial charge in [0.1, 0.15) is 5.75 Å². The number of nitrogens with one attached hydrogen (secondary N) is 1. The van der Waals surface area contributed by atoms with Crippen LogP contribution < -0.4 is 9.50 Å². The number of aliphatic carboxylic acids is 1. The number of halogens is 3. The van der Waals surface area contributed by atoms with Gasteiger partial charge in [0.25, 0.3) is 5.91 Å². The molecule has 0 aliphatic carbocycles. The number of amides is 1. The number of carboxylic acids is 1. The molecule has 1 amide bonds. The molecule has 1 atom stereocenters. The molecular weight excluding hydrogens is 475 g/mol. The number of hydrogen-bond donors (Lipinski definition) is 2. The number of carboxylic acid groups (broad SMARTS) is 1. The van der Waals surface area contributed by atoms with Gasteiger partial charge < -0.3 is 14.6 Å². The summed E-state index contributed by atoms with van der Waals surface area (Å²) in [4.78, 5) is 24.0. The van der Waals surface area contributed by atoms with Crippen LogP contribution >= 0.6 is 0 Å². The molecule has 0 aliphatic heterocycles. The first-order valence-corrected chi connectivity index (χ1v) is 11.6. The predicted octanol–water partition coefficient (Wildman–Crippen LogP) is 4.34. The van der Waals surface area contributed by atoms with Crippen LogP contribution in [0, 0.1) is 6.92 Å². The van der Waals surface area contributed by atoms with E-state index >= 15 is 0 Å². The number of aryl methyl sites for hydroxylation is 1. The van der Waals surface area contributed by atoms with Gasteiger partial charge in [-0.1, -0.05) is 39.0 Å². The summed E-state index contributed by atoms with van der Waals surface area (Å²) in [6.07, 6.45) is -0.352. The fourth-order valence-corrected chi connectivity index (χ4v) is 3.90. The highest BCUT2D eigenvalue weighted by molar-refractivity contribution is 7.88. The van der Waals surface area contributed by atoms with Gasteiger partial charge in [0.05, 0.1) is 6.42 Å². The summed E-state index contributed by atoms with van der Waals surface area (Å²) >= 11 is 0. The topological polar surface area (TPSA) is 110 Å². The van der Waals surface area contributed by atoms with Crippen LogP contribution in [0.4, 0.5) is 13.2 Å². The average molecular weight is 502 g/mol. The van der Waals surface area contributed by atoms with Gasteiger partial charge in [0, 0.05) is 11.6 Å². The molecule has 0 saturated heterocycles. The van der Waals surface area contributed by atoms with Crippen molar-refractivity contribution >= 4 is 22.0 Å². The number of benzene rings is 2. The van der Waals surface area contributed by atoms with Crippen LogP contribution in [0.25, 0.3) is 0 Å². The first-order chi connectivity index (χ1) is 15.5. The smallest absolute Gasteiger partial charge is 0.481 e. The second kappa shape index (κ2) is 10.0. The van der Waals surface area contributed by atoms with E-state index < -0.39 is 45.7 Å². The Hall–Kier alpha value is -3.08. The van der Waals surface area contributed by atoms with Gasteiger partial charge in [-0.15, -0.1) is 0 Å². The fourth-order valence-electron chi connectivity index (χ4n) is 3.44. The summed E-state index contributed by atoms with van der Waals surface area (Å²) in [6, 6.07) is 9.05. The Labute approximate surface area is 196 Å². The Morgan fingerprint density at radius 3 is 2.12 bits per heavy atom. The predicted molar refractivity (Wildman–Crippen MR) is 119 cm³/mol. The van der Waals surface area contributed by atoms with E-state index in [0.29, 0.717) is 11.1 Å². The van der Waals surface area contributed by atoms with Crippen LogP contribution in [0.3, 0.4) is 0 Å². The van der Waals surface area contributed by atoms with Crippen molar-refractivity contribution in [2.24, 2.45) is 0 Å². The Balaban J connectivity index is 2.15. The summed E-state index contributed by atoms with van der Waals surface area (Å²) in [5.74, 6) is -2.17. The molecule has 0 fully saturated rings. The van der Waals surface area contributed by atoms with E-state index in [2.05, 4.69) is 9.50 Å². The van der Waals surface area contributed by atoms with Gasteiger partial charge in [-0.3, -0.25) is 9.59 Å². The number of alkyl halides is 3. The molecule has 186 valence electrons. The van der Waals surface area contributed by atoms with Crippen molar-refractivity contribution in [1.29, 1.82) is 0 Å². The quantitative estimate of drug-likeness (QED) is 0.412. The lowest BCUT2D eigenvalue weighted by Gasteiger charge is -2.22. The van der Waals surface area contributed by atoms with E-state index in [4.69, 9.17) is 0 Å². The molecule has 0 saturated carbocycles. The molecule has 0 spiro atoms. The Morgan fingerprint density at radius 2 is 1.65 bits per heavy atom. The van der Waals surface area contributed by atoms with Crippen molar-refractivity contribution in [3.05, 3.63) is 64.7 Å². The lowest BCUT2D eigenvalue weighted by atomic mass is 9.83. The highest BCUT2D eigenvalue weighted by atomic mass is 32.2. The first kappa shape index (κ1) is 27.2. The van der Waals surface area contributed by atoms with Crippen molar-refractivity contribution in [2.45, 2.75) is 57.5 Å². The first-order valence-electron chi connectivity index (χ1n) is 10.2. The highest BCUT2D eigenvalue weighted by Crippen LogP contribution is 2.28. The summed E-state index contributed by atoms with van der Waals surface area (Å²) in [6.45, 7) is 8.03. The lowest BCUT2D eigenvalue weighted by molar-refractivity contribution is -0.137. The molecule has 0 aromatic heterocycles. The minimum Gasteiger partial charge on any atom is -0.481 e. The fraction of sp³-hybridized carbons (Fsp3) is 0.391. The van der Waals surface area contributed by atoms with E-state index in [1.807, 2.05) is 33.8 Å². The second-order valence-electron chi connectivity index (χ2n) is 8.88. The number of carbonyl (C=O) groups excluding carboxylic acids is 1. The summed E-state index contributed by atoms with van der Waals surface area (Å²) in [5, 5.41) is 11.9. The zero-order chi connectivity index (χ0) is 25.9. The Morgan fingerprint density at radius 1 is 1.06 bits per heavy atom. The van der Waals surface area contributed by atoms with Gasteiger partial charge in [0.2, 0.25) is 0 Å². The average Bonchev–Trinajstić information content (AvgIpc) is 2.66. The van der Waals surface area contributed by atoms with Crippen LogP contribution in [-0.2, 0) is 26.7 Å². The maximum atomic E-state index is 12.7. The van der Waals surface area contributed by atoms with Crippen molar-refractivity contribution < 1.29 is 40.5 Å². The van der Waals surface area contributed by atoms with Crippen molar-refractivity contribution in [3.8, 4) is 5.75 Å². The third kappa shape index (κ3) is 7.21. The van der Waals surface area contributed by atoms with Crippen LogP contribution in [0.15, 0.2) is 42.5 Å². The van der Waals surface area contributed by atoms with Crippen molar-refractivity contribution in [1.82, 2.24) is 5.32 Å². The molecule has 34 heavy (non-hydrogen) atoms.